The van der Waals surface area contributed by atoms with E-state index in [0.29, 0.717) is 25.6 Å². The van der Waals surface area contributed by atoms with Gasteiger partial charge in [0.15, 0.2) is 11.6 Å². The van der Waals surface area contributed by atoms with E-state index >= 15 is 0 Å². The van der Waals surface area contributed by atoms with Gasteiger partial charge in [-0.3, -0.25) is 4.79 Å². The first-order valence-corrected chi connectivity index (χ1v) is 8.90. The fourth-order valence-corrected chi connectivity index (χ4v) is 3.73. The van der Waals surface area contributed by atoms with Gasteiger partial charge in [0.25, 0.3) is 0 Å². The quantitative estimate of drug-likeness (QED) is 0.766. The van der Waals surface area contributed by atoms with Crippen LogP contribution in [0.2, 0.25) is 5.28 Å². The highest BCUT2D eigenvalue weighted by Crippen LogP contribution is 2.39. The van der Waals surface area contributed by atoms with E-state index in [4.69, 9.17) is 11.6 Å². The van der Waals surface area contributed by atoms with Gasteiger partial charge in [-0.25, -0.2) is 9.37 Å². The van der Waals surface area contributed by atoms with Crippen molar-refractivity contribution in [3.63, 3.8) is 0 Å². The molecule has 4 atom stereocenters. The average Bonchev–Trinajstić information content (AvgIpc) is 3.25. The van der Waals surface area contributed by atoms with E-state index in [2.05, 4.69) is 23.8 Å². The van der Waals surface area contributed by atoms with Crippen LogP contribution in [0, 0.1) is 30.5 Å². The first-order valence-electron chi connectivity index (χ1n) is 8.53. The second kappa shape index (κ2) is 6.47. The predicted molar refractivity (Wildman–Crippen MR) is 91.6 cm³/mol. The minimum absolute atomic E-state index is 0.0344. The van der Waals surface area contributed by atoms with Gasteiger partial charge in [0.1, 0.15) is 0 Å². The summed E-state index contributed by atoms with van der Waals surface area (Å²) in [5.41, 5.74) is 0.244. The van der Waals surface area contributed by atoms with E-state index < -0.39 is 5.82 Å². The van der Waals surface area contributed by atoms with Crippen molar-refractivity contribution < 1.29 is 9.18 Å². The summed E-state index contributed by atoms with van der Waals surface area (Å²) in [6.07, 6.45) is 0.983. The van der Waals surface area contributed by atoms with E-state index in [0.717, 1.165) is 6.42 Å². The molecule has 0 radical (unpaired) electrons. The van der Waals surface area contributed by atoms with Gasteiger partial charge < -0.3 is 9.80 Å². The molecule has 1 saturated carbocycles. The monoisotopic (exact) mass is 354 g/mol. The molecule has 1 aliphatic heterocycles. The molecule has 1 aliphatic carbocycles. The van der Waals surface area contributed by atoms with Crippen molar-refractivity contribution in [2.24, 2.45) is 17.8 Å². The molecule has 0 spiro atoms. The maximum atomic E-state index is 14.5. The molecule has 3 rings (SSSR count). The minimum atomic E-state index is -0.436. The van der Waals surface area contributed by atoms with E-state index in [-0.39, 0.29) is 40.6 Å². The number of halogens is 2. The smallest absolute Gasteiger partial charge is 0.226 e. The van der Waals surface area contributed by atoms with Crippen molar-refractivity contribution in [3.8, 4) is 0 Å². The molecule has 1 aromatic rings. The third kappa shape index (κ3) is 3.34. The molecule has 0 aromatic carbocycles. The van der Waals surface area contributed by atoms with Crippen LogP contribution >= 0.6 is 11.6 Å². The van der Waals surface area contributed by atoms with E-state index in [1.54, 1.807) is 6.92 Å². The van der Waals surface area contributed by atoms with Crippen LogP contribution in [0.25, 0.3) is 0 Å². The van der Waals surface area contributed by atoms with Crippen molar-refractivity contribution in [2.45, 2.75) is 40.2 Å². The Morgan fingerprint density at radius 3 is 2.50 bits per heavy atom. The van der Waals surface area contributed by atoms with Gasteiger partial charge in [0.2, 0.25) is 11.2 Å². The Labute approximate surface area is 147 Å². The van der Waals surface area contributed by atoms with Crippen LogP contribution in [-0.2, 0) is 4.79 Å². The Morgan fingerprint density at radius 2 is 1.88 bits per heavy atom. The van der Waals surface area contributed by atoms with Crippen LogP contribution in [0.15, 0.2) is 0 Å². The third-order valence-corrected chi connectivity index (χ3v) is 5.21. The molecule has 132 valence electrons. The summed E-state index contributed by atoms with van der Waals surface area (Å²) in [7, 11) is 0. The molecule has 2 aliphatic rings. The lowest BCUT2D eigenvalue weighted by molar-refractivity contribution is -0.133. The number of carbonyl (C=O) groups is 1. The summed E-state index contributed by atoms with van der Waals surface area (Å²) in [6.45, 7) is 9.68. The molecule has 24 heavy (non-hydrogen) atoms. The molecule has 1 amide bonds. The molecule has 2 unspecified atom stereocenters. The van der Waals surface area contributed by atoms with Gasteiger partial charge in [-0.1, -0.05) is 13.8 Å². The molecule has 0 N–H and O–H groups in total. The number of aryl methyl sites for hydroxylation is 1. The largest absolute Gasteiger partial charge is 0.349 e. The minimum Gasteiger partial charge on any atom is -0.349 e. The van der Waals surface area contributed by atoms with E-state index in [9.17, 15) is 9.18 Å². The molecule has 2 heterocycles. The zero-order valence-electron chi connectivity index (χ0n) is 14.6. The van der Waals surface area contributed by atoms with E-state index in [1.165, 1.54) is 0 Å². The van der Waals surface area contributed by atoms with Crippen LogP contribution < -0.4 is 4.90 Å². The predicted octanol–water partition coefficient (Wildman–Crippen LogP) is 2.91. The van der Waals surface area contributed by atoms with Crippen molar-refractivity contribution in [1.82, 2.24) is 14.9 Å². The lowest BCUT2D eigenvalue weighted by atomic mass is 10.1. The van der Waals surface area contributed by atoms with E-state index in [1.807, 2.05) is 16.7 Å². The summed E-state index contributed by atoms with van der Waals surface area (Å²) in [5.74, 6) is 0.920. The van der Waals surface area contributed by atoms with Crippen LogP contribution in [-0.4, -0.2) is 46.5 Å². The number of anilines is 1. The number of rotatable bonds is 2. The number of aromatic nitrogens is 2. The van der Waals surface area contributed by atoms with Crippen LogP contribution in [0.1, 0.15) is 32.9 Å². The number of carbonyl (C=O) groups excluding carboxylic acids is 1. The molecule has 5 nitrogen and oxygen atoms in total. The Bertz CT molecular complexity index is 656. The standard InChI is InChI=1S/C17H24ClFN4O/c1-9-6-22(16(24)13-5-10(13)2)8-11(3)23(7-9)15-14(19)12(4)20-17(18)21-15/h9-11,13H,5-8H2,1-4H3/t9?,10-,11?,13-/m0/s1. The van der Waals surface area contributed by atoms with Gasteiger partial charge in [-0.2, -0.15) is 4.98 Å². The van der Waals surface area contributed by atoms with Crippen LogP contribution in [0.4, 0.5) is 10.2 Å². The zero-order chi connectivity index (χ0) is 17.6. The topological polar surface area (TPSA) is 49.3 Å². The Morgan fingerprint density at radius 1 is 1.21 bits per heavy atom. The second-order valence-electron chi connectivity index (χ2n) is 7.38. The second-order valence-corrected chi connectivity index (χ2v) is 7.72. The fraction of sp³-hybridized carbons (Fsp3) is 0.706. The Kier molecular flexibility index (Phi) is 4.69. The SMILES string of the molecule is Cc1nc(Cl)nc(N2CC(C)CN(C(=O)[C@H]3C[C@@H]3C)CC2C)c1F. The molecule has 0 bridgehead atoms. The van der Waals surface area contributed by atoms with Crippen molar-refractivity contribution in [1.29, 1.82) is 0 Å². The first kappa shape index (κ1) is 17.4. The van der Waals surface area contributed by atoms with Crippen molar-refractivity contribution in [3.05, 3.63) is 16.8 Å². The van der Waals surface area contributed by atoms with Crippen LogP contribution in [0.3, 0.4) is 0 Å². The Hall–Kier alpha value is -1.43. The highest BCUT2D eigenvalue weighted by molar-refractivity contribution is 6.28. The lowest BCUT2D eigenvalue weighted by Crippen LogP contribution is -2.42. The molecule has 1 aromatic heterocycles. The average molecular weight is 355 g/mol. The first-order chi connectivity index (χ1) is 11.3. The van der Waals surface area contributed by atoms with Crippen LogP contribution in [0.5, 0.6) is 0 Å². The summed E-state index contributed by atoms with van der Waals surface area (Å²) in [6, 6.07) is -0.0344. The van der Waals surface area contributed by atoms with Gasteiger partial charge in [-0.05, 0) is 43.7 Å². The maximum absolute atomic E-state index is 14.5. The van der Waals surface area contributed by atoms with Gasteiger partial charge >= 0.3 is 0 Å². The zero-order valence-corrected chi connectivity index (χ0v) is 15.3. The van der Waals surface area contributed by atoms with Gasteiger partial charge in [0.05, 0.1) is 5.69 Å². The fourth-order valence-electron chi connectivity index (χ4n) is 3.52. The molecule has 7 heteroatoms. The van der Waals surface area contributed by atoms with Crippen molar-refractivity contribution >= 4 is 23.3 Å². The third-order valence-electron chi connectivity index (χ3n) is 5.04. The number of nitrogens with zero attached hydrogens (tertiary/aromatic N) is 4. The Balaban J connectivity index is 1.85. The lowest BCUT2D eigenvalue weighted by Gasteiger charge is -2.30. The molecular weight excluding hydrogens is 331 g/mol. The van der Waals surface area contributed by atoms with Crippen molar-refractivity contribution in [2.75, 3.05) is 24.5 Å². The normalized spacial score (nSPS) is 30.2. The summed E-state index contributed by atoms with van der Waals surface area (Å²) >= 11 is 5.93. The van der Waals surface area contributed by atoms with Gasteiger partial charge in [-0.15, -0.1) is 0 Å². The summed E-state index contributed by atoms with van der Waals surface area (Å²) in [4.78, 5) is 24.5. The highest BCUT2D eigenvalue weighted by atomic mass is 35.5. The number of amides is 1. The maximum Gasteiger partial charge on any atom is 0.226 e. The van der Waals surface area contributed by atoms with Gasteiger partial charge in [0, 0.05) is 31.6 Å². The number of hydrogen-bond donors (Lipinski definition) is 0. The molecule has 1 saturated heterocycles. The number of hydrogen-bond acceptors (Lipinski definition) is 4. The summed E-state index contributed by atoms with van der Waals surface area (Å²) in [5, 5.41) is 0.0488. The molecule has 2 fully saturated rings. The molecular formula is C17H24ClFN4O. The highest BCUT2D eigenvalue weighted by Gasteiger charge is 2.43. The summed E-state index contributed by atoms with van der Waals surface area (Å²) < 4.78 is 14.5.